The summed E-state index contributed by atoms with van der Waals surface area (Å²) >= 11 is 5.96. The van der Waals surface area contributed by atoms with Gasteiger partial charge in [-0.05, 0) is 37.3 Å². The van der Waals surface area contributed by atoms with E-state index in [1.54, 1.807) is 6.20 Å². The van der Waals surface area contributed by atoms with Crippen LogP contribution in [0.1, 0.15) is 25.3 Å². The van der Waals surface area contributed by atoms with E-state index in [-0.39, 0.29) is 12.4 Å². The molecule has 1 fully saturated rings. The van der Waals surface area contributed by atoms with Gasteiger partial charge in [0.05, 0.1) is 0 Å². The van der Waals surface area contributed by atoms with Gasteiger partial charge in [0.25, 0.3) is 0 Å². The van der Waals surface area contributed by atoms with Crippen molar-refractivity contribution in [1.29, 1.82) is 0 Å². The smallest absolute Gasteiger partial charge is 0.133 e. The maximum Gasteiger partial charge on any atom is 0.133 e. The predicted octanol–water partition coefficient (Wildman–Crippen LogP) is 3.29. The van der Waals surface area contributed by atoms with Gasteiger partial charge in [0.1, 0.15) is 5.15 Å². The van der Waals surface area contributed by atoms with Gasteiger partial charge in [-0.3, -0.25) is 0 Å². The highest BCUT2D eigenvalue weighted by atomic mass is 35.5. The molecule has 4 heteroatoms. The number of pyridine rings is 1. The van der Waals surface area contributed by atoms with Gasteiger partial charge in [0.2, 0.25) is 0 Å². The molecule has 1 unspecified atom stereocenters. The number of halogens is 2. The summed E-state index contributed by atoms with van der Waals surface area (Å²) in [5.74, 6) is 1.75. The zero-order valence-electron chi connectivity index (χ0n) is 9.45. The van der Waals surface area contributed by atoms with Crippen LogP contribution in [0, 0.1) is 11.8 Å². The monoisotopic (exact) mass is 260 g/mol. The summed E-state index contributed by atoms with van der Waals surface area (Å²) in [6, 6.07) is 3.94. The van der Waals surface area contributed by atoms with E-state index in [1.807, 2.05) is 12.1 Å². The third-order valence-electron chi connectivity index (χ3n) is 3.04. The lowest BCUT2D eigenvalue weighted by Gasteiger charge is -2.11. The molecule has 90 valence electrons. The summed E-state index contributed by atoms with van der Waals surface area (Å²) in [7, 11) is 0. The van der Waals surface area contributed by atoms with E-state index in [9.17, 15) is 0 Å². The lowest BCUT2D eigenvalue weighted by molar-refractivity contribution is 0.461. The van der Waals surface area contributed by atoms with E-state index in [2.05, 4.69) is 17.2 Å². The van der Waals surface area contributed by atoms with Crippen LogP contribution in [0.15, 0.2) is 18.3 Å². The molecule has 0 bridgehead atoms. The van der Waals surface area contributed by atoms with Crippen molar-refractivity contribution in [2.45, 2.75) is 26.3 Å². The summed E-state index contributed by atoms with van der Waals surface area (Å²) in [5.41, 5.74) is 1.09. The van der Waals surface area contributed by atoms with Crippen molar-refractivity contribution in [3.8, 4) is 0 Å². The summed E-state index contributed by atoms with van der Waals surface area (Å²) in [5, 5.41) is 4.05. The van der Waals surface area contributed by atoms with Gasteiger partial charge in [-0.15, -0.1) is 12.4 Å². The van der Waals surface area contributed by atoms with Crippen molar-refractivity contribution in [2.75, 3.05) is 6.54 Å². The highest BCUT2D eigenvalue weighted by molar-refractivity contribution is 6.30. The average Bonchev–Trinajstić information content (AvgIpc) is 3.04. The van der Waals surface area contributed by atoms with Crippen LogP contribution in [0.5, 0.6) is 0 Å². The van der Waals surface area contributed by atoms with Gasteiger partial charge in [-0.2, -0.15) is 0 Å². The van der Waals surface area contributed by atoms with E-state index in [0.29, 0.717) is 5.15 Å². The summed E-state index contributed by atoms with van der Waals surface area (Å²) in [4.78, 5) is 4.05. The topological polar surface area (TPSA) is 24.9 Å². The van der Waals surface area contributed by atoms with Crippen LogP contribution >= 0.6 is 24.0 Å². The Morgan fingerprint density at radius 2 is 2.31 bits per heavy atom. The highest BCUT2D eigenvalue weighted by Gasteiger charge is 2.27. The zero-order valence-corrected chi connectivity index (χ0v) is 11.0. The average molecular weight is 261 g/mol. The Morgan fingerprint density at radius 1 is 1.56 bits per heavy atom. The Labute approximate surface area is 108 Å². The van der Waals surface area contributed by atoms with Crippen molar-refractivity contribution in [1.82, 2.24) is 10.3 Å². The third kappa shape index (κ3) is 3.93. The van der Waals surface area contributed by atoms with E-state index in [0.717, 1.165) is 30.5 Å². The normalized spacial score (nSPS) is 16.6. The van der Waals surface area contributed by atoms with Gasteiger partial charge < -0.3 is 5.32 Å². The number of nitrogens with one attached hydrogen (secondary N) is 1. The first-order valence-corrected chi connectivity index (χ1v) is 5.95. The Bertz CT molecular complexity index is 327. The van der Waals surface area contributed by atoms with Gasteiger partial charge in [0.15, 0.2) is 0 Å². The first-order chi connectivity index (χ1) is 7.27. The molecule has 1 N–H and O–H groups in total. The number of rotatable bonds is 5. The molecule has 0 aliphatic heterocycles. The van der Waals surface area contributed by atoms with Crippen LogP contribution in [-0.4, -0.2) is 11.5 Å². The second-order valence-corrected chi connectivity index (χ2v) is 4.76. The first-order valence-electron chi connectivity index (χ1n) is 5.57. The number of aromatic nitrogens is 1. The van der Waals surface area contributed by atoms with Gasteiger partial charge in [-0.25, -0.2) is 4.98 Å². The molecular formula is C12H18Cl2N2. The molecule has 0 saturated heterocycles. The Morgan fingerprint density at radius 3 is 2.94 bits per heavy atom. The molecule has 2 nitrogen and oxygen atoms in total. The largest absolute Gasteiger partial charge is 0.312 e. The van der Waals surface area contributed by atoms with Crippen LogP contribution in [0.3, 0.4) is 0 Å². The van der Waals surface area contributed by atoms with E-state index in [4.69, 9.17) is 11.6 Å². The molecule has 2 rings (SSSR count). The number of hydrogen-bond donors (Lipinski definition) is 1. The fraction of sp³-hybridized carbons (Fsp3) is 0.583. The van der Waals surface area contributed by atoms with Crippen LogP contribution in [0.2, 0.25) is 5.15 Å². The van der Waals surface area contributed by atoms with Gasteiger partial charge in [0, 0.05) is 18.3 Å². The highest BCUT2D eigenvalue weighted by Crippen LogP contribution is 2.36. The predicted molar refractivity (Wildman–Crippen MR) is 70.1 cm³/mol. The summed E-state index contributed by atoms with van der Waals surface area (Å²) in [6.45, 7) is 4.22. The van der Waals surface area contributed by atoms with Crippen molar-refractivity contribution in [2.24, 2.45) is 11.8 Å². The van der Waals surface area contributed by atoms with Crippen LogP contribution in [0.4, 0.5) is 0 Å². The maximum absolute atomic E-state index is 5.96. The minimum Gasteiger partial charge on any atom is -0.312 e. The molecule has 16 heavy (non-hydrogen) atoms. The van der Waals surface area contributed by atoms with Crippen molar-refractivity contribution < 1.29 is 0 Å². The van der Waals surface area contributed by atoms with Crippen molar-refractivity contribution >= 4 is 24.0 Å². The van der Waals surface area contributed by atoms with Crippen molar-refractivity contribution in [3.05, 3.63) is 29.0 Å². The summed E-state index contributed by atoms with van der Waals surface area (Å²) < 4.78 is 0. The molecule has 1 aliphatic carbocycles. The quantitative estimate of drug-likeness (QED) is 0.823. The Kier molecular flexibility index (Phi) is 5.53. The Hall–Kier alpha value is -0.310. The Balaban J connectivity index is 0.00000128. The number of nitrogens with zero attached hydrogens (tertiary/aromatic N) is 1. The molecule has 0 aromatic carbocycles. The molecule has 0 radical (unpaired) electrons. The lowest BCUT2D eigenvalue weighted by Crippen LogP contribution is -2.22. The molecule has 1 aliphatic rings. The molecule has 0 amide bonds. The standard InChI is InChI=1S/C12H17ClN2.ClH/c1-9(10-4-5-10)7-14-8-11-3-2-6-15-12(11)13;/h2-3,6,9-10,14H,4-5,7-8H2,1H3;1H. The first kappa shape index (κ1) is 13.8. The molecule has 1 heterocycles. The molecule has 1 atom stereocenters. The summed E-state index contributed by atoms with van der Waals surface area (Å²) in [6.07, 6.45) is 4.55. The maximum atomic E-state index is 5.96. The second-order valence-electron chi connectivity index (χ2n) is 4.40. The van der Waals surface area contributed by atoms with E-state index >= 15 is 0 Å². The van der Waals surface area contributed by atoms with Crippen molar-refractivity contribution in [3.63, 3.8) is 0 Å². The van der Waals surface area contributed by atoms with E-state index < -0.39 is 0 Å². The van der Waals surface area contributed by atoms with E-state index in [1.165, 1.54) is 12.8 Å². The van der Waals surface area contributed by atoms with Crippen LogP contribution in [0.25, 0.3) is 0 Å². The SMILES string of the molecule is CC(CNCc1cccnc1Cl)C1CC1.Cl. The third-order valence-corrected chi connectivity index (χ3v) is 3.39. The fourth-order valence-corrected chi connectivity index (χ4v) is 2.00. The van der Waals surface area contributed by atoms with Gasteiger partial charge >= 0.3 is 0 Å². The van der Waals surface area contributed by atoms with Gasteiger partial charge in [-0.1, -0.05) is 24.6 Å². The number of hydrogen-bond acceptors (Lipinski definition) is 2. The molecular weight excluding hydrogens is 243 g/mol. The molecule has 1 aromatic heterocycles. The minimum absolute atomic E-state index is 0. The minimum atomic E-state index is 0. The van der Waals surface area contributed by atoms with Crippen LogP contribution in [-0.2, 0) is 6.54 Å². The fourth-order valence-electron chi connectivity index (χ4n) is 1.82. The zero-order chi connectivity index (χ0) is 10.7. The lowest BCUT2D eigenvalue weighted by atomic mass is 10.1. The second kappa shape index (κ2) is 6.43. The van der Waals surface area contributed by atoms with Crippen LogP contribution < -0.4 is 5.32 Å². The molecule has 0 spiro atoms. The molecule has 1 saturated carbocycles. The molecule has 1 aromatic rings.